The molecule has 1 saturated heterocycles. The normalized spacial score (nSPS) is 17.7. The molecule has 3 rings (SSSR count). The second-order valence-corrected chi connectivity index (χ2v) is 6.05. The highest BCUT2D eigenvalue weighted by Crippen LogP contribution is 2.23. The van der Waals surface area contributed by atoms with Gasteiger partial charge >= 0.3 is 0 Å². The predicted molar refractivity (Wildman–Crippen MR) is 97.9 cm³/mol. The van der Waals surface area contributed by atoms with Crippen LogP contribution in [0, 0.1) is 0 Å². The summed E-state index contributed by atoms with van der Waals surface area (Å²) in [5.41, 5.74) is 1.78. The van der Waals surface area contributed by atoms with Gasteiger partial charge in [-0.2, -0.15) is 0 Å². The van der Waals surface area contributed by atoms with Crippen molar-refractivity contribution in [2.24, 2.45) is 0 Å². The number of benzene rings is 1. The lowest BCUT2D eigenvalue weighted by Gasteiger charge is -2.36. The van der Waals surface area contributed by atoms with E-state index in [-0.39, 0.29) is 11.8 Å². The fourth-order valence-corrected chi connectivity index (χ4v) is 2.99. The standard InChI is InChI=1S/C20H21N3O2/c1-22(19(24)10-9-16-11-13-21-14-12-16)18-8-5-15-23(20(18)25)17-6-3-2-4-7-17/h2-4,6-7,9-14,18H,5,8,15H2,1H3. The Morgan fingerprint density at radius 3 is 2.64 bits per heavy atom. The number of nitrogens with zero attached hydrogens (tertiary/aromatic N) is 3. The Morgan fingerprint density at radius 1 is 1.20 bits per heavy atom. The van der Waals surface area contributed by atoms with Gasteiger partial charge in [0, 0.05) is 37.7 Å². The van der Waals surface area contributed by atoms with Crippen LogP contribution in [-0.4, -0.2) is 41.3 Å². The van der Waals surface area contributed by atoms with E-state index in [1.807, 2.05) is 42.5 Å². The molecule has 5 heteroatoms. The molecule has 1 aromatic heterocycles. The SMILES string of the molecule is CN(C(=O)C=Cc1ccncc1)C1CCCN(c2ccccc2)C1=O. The Kier molecular flexibility index (Phi) is 5.23. The Balaban J connectivity index is 1.70. The molecule has 0 spiro atoms. The van der Waals surface area contributed by atoms with Crippen molar-refractivity contribution in [1.29, 1.82) is 0 Å². The largest absolute Gasteiger partial charge is 0.330 e. The van der Waals surface area contributed by atoms with E-state index >= 15 is 0 Å². The molecule has 0 bridgehead atoms. The molecule has 0 N–H and O–H groups in total. The fourth-order valence-electron chi connectivity index (χ4n) is 2.99. The van der Waals surface area contributed by atoms with Crippen molar-refractivity contribution in [3.05, 3.63) is 66.5 Å². The molecule has 1 aliphatic rings. The van der Waals surface area contributed by atoms with Crippen molar-refractivity contribution >= 4 is 23.6 Å². The summed E-state index contributed by atoms with van der Waals surface area (Å²) in [4.78, 5) is 32.6. The minimum atomic E-state index is -0.427. The number of aromatic nitrogens is 1. The molecule has 2 amide bonds. The van der Waals surface area contributed by atoms with E-state index < -0.39 is 6.04 Å². The Bertz CT molecular complexity index is 759. The average Bonchev–Trinajstić information content (AvgIpc) is 2.67. The molecule has 0 aliphatic carbocycles. The number of pyridine rings is 1. The van der Waals surface area contributed by atoms with E-state index in [9.17, 15) is 9.59 Å². The fraction of sp³-hybridized carbons (Fsp3) is 0.250. The maximum Gasteiger partial charge on any atom is 0.249 e. The molecule has 1 atom stereocenters. The molecule has 128 valence electrons. The summed E-state index contributed by atoms with van der Waals surface area (Å²) in [5.74, 6) is -0.198. The average molecular weight is 335 g/mol. The highest BCUT2D eigenvalue weighted by Gasteiger charge is 2.33. The number of carbonyl (C=O) groups excluding carboxylic acids is 2. The van der Waals surface area contributed by atoms with Gasteiger partial charge in [-0.15, -0.1) is 0 Å². The summed E-state index contributed by atoms with van der Waals surface area (Å²) in [6.45, 7) is 0.689. The zero-order chi connectivity index (χ0) is 17.6. The van der Waals surface area contributed by atoms with Crippen LogP contribution in [0.25, 0.3) is 6.08 Å². The molecule has 0 saturated carbocycles. The van der Waals surface area contributed by atoms with Crippen LogP contribution < -0.4 is 4.90 Å². The number of hydrogen-bond donors (Lipinski definition) is 0. The zero-order valence-electron chi connectivity index (χ0n) is 14.2. The topological polar surface area (TPSA) is 53.5 Å². The first-order valence-corrected chi connectivity index (χ1v) is 8.38. The van der Waals surface area contributed by atoms with Gasteiger partial charge in [-0.1, -0.05) is 18.2 Å². The first-order chi connectivity index (χ1) is 12.2. The first kappa shape index (κ1) is 16.9. The van der Waals surface area contributed by atoms with E-state index in [0.29, 0.717) is 13.0 Å². The van der Waals surface area contributed by atoms with E-state index in [2.05, 4.69) is 4.98 Å². The highest BCUT2D eigenvalue weighted by molar-refractivity contribution is 6.01. The van der Waals surface area contributed by atoms with Crippen LogP contribution in [0.1, 0.15) is 18.4 Å². The van der Waals surface area contributed by atoms with Crippen molar-refractivity contribution < 1.29 is 9.59 Å². The number of piperidine rings is 1. The number of likely N-dealkylation sites (N-methyl/N-ethyl adjacent to an activating group) is 1. The number of para-hydroxylation sites is 1. The molecule has 1 aliphatic heterocycles. The second kappa shape index (κ2) is 7.75. The van der Waals surface area contributed by atoms with Crippen LogP contribution in [0.2, 0.25) is 0 Å². The van der Waals surface area contributed by atoms with Crippen molar-refractivity contribution in [2.45, 2.75) is 18.9 Å². The van der Waals surface area contributed by atoms with Gasteiger partial charge < -0.3 is 9.80 Å². The molecular weight excluding hydrogens is 314 g/mol. The minimum absolute atomic E-state index is 0.0226. The van der Waals surface area contributed by atoms with E-state index in [0.717, 1.165) is 17.7 Å². The lowest BCUT2D eigenvalue weighted by atomic mass is 10.0. The monoisotopic (exact) mass is 335 g/mol. The van der Waals surface area contributed by atoms with Gasteiger partial charge in [0.05, 0.1) is 0 Å². The van der Waals surface area contributed by atoms with E-state index in [4.69, 9.17) is 0 Å². The van der Waals surface area contributed by atoms with E-state index in [1.54, 1.807) is 30.4 Å². The van der Waals surface area contributed by atoms with Gasteiger partial charge in [0.2, 0.25) is 11.8 Å². The summed E-state index contributed by atoms with van der Waals surface area (Å²) >= 11 is 0. The van der Waals surface area contributed by atoms with Gasteiger partial charge in [0.15, 0.2) is 0 Å². The minimum Gasteiger partial charge on any atom is -0.330 e. The van der Waals surface area contributed by atoms with Gasteiger partial charge in [0.1, 0.15) is 6.04 Å². The predicted octanol–water partition coefficient (Wildman–Crippen LogP) is 2.75. The highest BCUT2D eigenvalue weighted by atomic mass is 16.2. The summed E-state index contributed by atoms with van der Waals surface area (Å²) in [6.07, 6.45) is 8.16. The molecule has 2 heterocycles. The quantitative estimate of drug-likeness (QED) is 0.807. The summed E-state index contributed by atoms with van der Waals surface area (Å²) < 4.78 is 0. The second-order valence-electron chi connectivity index (χ2n) is 6.05. The van der Waals surface area contributed by atoms with Crippen LogP contribution in [0.5, 0.6) is 0 Å². The third-order valence-corrected chi connectivity index (χ3v) is 4.42. The molecule has 2 aromatic rings. The Hall–Kier alpha value is -2.95. The number of carbonyl (C=O) groups is 2. The van der Waals surface area contributed by atoms with Gasteiger partial charge in [-0.3, -0.25) is 14.6 Å². The van der Waals surface area contributed by atoms with Crippen molar-refractivity contribution in [3.63, 3.8) is 0 Å². The van der Waals surface area contributed by atoms with Crippen LogP contribution >= 0.6 is 0 Å². The van der Waals surface area contributed by atoms with Gasteiger partial charge in [-0.25, -0.2) is 0 Å². The van der Waals surface area contributed by atoms with Crippen LogP contribution in [0.3, 0.4) is 0 Å². The number of amides is 2. The maximum atomic E-state index is 12.8. The third-order valence-electron chi connectivity index (χ3n) is 4.42. The van der Waals surface area contributed by atoms with Crippen molar-refractivity contribution in [2.75, 3.05) is 18.5 Å². The number of anilines is 1. The van der Waals surface area contributed by atoms with Crippen molar-refractivity contribution in [3.8, 4) is 0 Å². The Labute approximate surface area is 147 Å². The van der Waals surface area contributed by atoms with Gasteiger partial charge in [-0.05, 0) is 48.7 Å². The van der Waals surface area contributed by atoms with Gasteiger partial charge in [0.25, 0.3) is 0 Å². The first-order valence-electron chi connectivity index (χ1n) is 8.38. The van der Waals surface area contributed by atoms with Crippen LogP contribution in [-0.2, 0) is 9.59 Å². The molecule has 1 unspecified atom stereocenters. The zero-order valence-corrected chi connectivity index (χ0v) is 14.2. The maximum absolute atomic E-state index is 12.8. The van der Waals surface area contributed by atoms with Crippen LogP contribution in [0.15, 0.2) is 60.9 Å². The lowest BCUT2D eigenvalue weighted by Crippen LogP contribution is -2.52. The summed E-state index contributed by atoms with van der Waals surface area (Å²) in [7, 11) is 1.69. The summed E-state index contributed by atoms with van der Waals surface area (Å²) in [6, 6.07) is 12.8. The Morgan fingerprint density at radius 2 is 1.92 bits per heavy atom. The smallest absolute Gasteiger partial charge is 0.249 e. The number of hydrogen-bond acceptors (Lipinski definition) is 3. The third kappa shape index (κ3) is 3.94. The molecule has 0 radical (unpaired) electrons. The molecule has 25 heavy (non-hydrogen) atoms. The lowest BCUT2D eigenvalue weighted by molar-refractivity contribution is -0.135. The number of rotatable bonds is 4. The molecule has 1 aromatic carbocycles. The molecule has 5 nitrogen and oxygen atoms in total. The van der Waals surface area contributed by atoms with E-state index in [1.165, 1.54) is 11.0 Å². The molecular formula is C20H21N3O2. The van der Waals surface area contributed by atoms with Crippen LogP contribution in [0.4, 0.5) is 5.69 Å². The van der Waals surface area contributed by atoms with Crippen molar-refractivity contribution in [1.82, 2.24) is 9.88 Å². The summed E-state index contributed by atoms with van der Waals surface area (Å²) in [5, 5.41) is 0. The molecule has 1 fully saturated rings.